The zero-order valence-electron chi connectivity index (χ0n) is 64.3. The number of nitrogens with one attached hydrogen (secondary N) is 8. The van der Waals surface area contributed by atoms with Crippen molar-refractivity contribution in [3.63, 3.8) is 0 Å². The van der Waals surface area contributed by atoms with Crippen LogP contribution < -0.4 is 42.5 Å². The second-order valence-electron chi connectivity index (χ2n) is 27.5. The van der Waals surface area contributed by atoms with Crippen molar-refractivity contribution in [2.45, 2.75) is 323 Å². The summed E-state index contributed by atoms with van der Waals surface area (Å²) in [5.74, 6) is -7.42. The fraction of sp³-hybridized carbons (Fsp3) is 0.763. The van der Waals surface area contributed by atoms with E-state index >= 15 is 0 Å². The molecule has 8 amide bonds. The van der Waals surface area contributed by atoms with Crippen LogP contribution in [0.3, 0.4) is 0 Å². The summed E-state index contributed by atoms with van der Waals surface area (Å²) < 4.78 is 20.7. The van der Waals surface area contributed by atoms with Gasteiger partial charge >= 0.3 is 24.2 Å². The van der Waals surface area contributed by atoms with E-state index in [1.54, 1.807) is 41.5 Å². The lowest BCUT2D eigenvalue weighted by Crippen LogP contribution is -2.63. The lowest BCUT2D eigenvalue weighted by molar-refractivity contribution is -0.148. The van der Waals surface area contributed by atoms with E-state index in [-0.39, 0.29) is 79.7 Å². The predicted octanol–water partition coefficient (Wildman–Crippen LogP) is 12.9. The van der Waals surface area contributed by atoms with Gasteiger partial charge < -0.3 is 56.0 Å². The van der Waals surface area contributed by atoms with E-state index in [1.165, 1.54) is 121 Å². The van der Waals surface area contributed by atoms with Gasteiger partial charge in [-0.25, -0.2) is 19.2 Å². The van der Waals surface area contributed by atoms with Crippen LogP contribution in [0.15, 0.2) is 43.0 Å². The lowest BCUT2D eigenvalue weighted by Gasteiger charge is -2.30. The monoisotopic (exact) mass is 1490 g/mol. The SMILES string of the molecule is C=CCOC(=O)NC(=NCCC[C@H](NC(=O)OC(C)(C)C)C(=O)N[C@@H](CSC(=O)CCCCCCCCCCCCCCC)C(=O)N[C@H](C(=O)N[C@H](C(=O)N[C@@H](CSC(=O)CCCCCCCCCCCCCCC)C(=O)N[C@H](C(=O)OCC=C)[C@@H](C)CC)[C@@H](C)CC)[C@@H](C)O)NC(=O)OCC=C. The summed E-state index contributed by atoms with van der Waals surface area (Å²) in [6.45, 7) is 27.4. The summed E-state index contributed by atoms with van der Waals surface area (Å²) >= 11 is 1.64. The molecule has 0 aromatic carbocycles. The Kier molecular flexibility index (Phi) is 56.9. The highest BCUT2D eigenvalue weighted by Gasteiger charge is 2.38. The molecule has 27 heteroatoms. The minimum Gasteiger partial charge on any atom is -0.460 e. The zero-order chi connectivity index (χ0) is 77.2. The Morgan fingerprint density at radius 3 is 1.17 bits per heavy atom. The van der Waals surface area contributed by atoms with Gasteiger partial charge in [0.1, 0.15) is 61.7 Å². The Morgan fingerprint density at radius 2 is 0.777 bits per heavy atom. The first-order valence-electron chi connectivity index (χ1n) is 38.1. The third kappa shape index (κ3) is 49.8. The maximum Gasteiger partial charge on any atom is 0.414 e. The number of nitrogens with zero attached hydrogens (tertiary/aromatic N) is 1. The maximum absolute atomic E-state index is 14.7. The number of thioether (sulfide) groups is 2. The molecule has 9 N–H and O–H groups in total. The van der Waals surface area contributed by atoms with Crippen LogP contribution in [-0.2, 0) is 57.3 Å². The molecule has 0 aliphatic rings. The second kappa shape index (κ2) is 60.8. The van der Waals surface area contributed by atoms with E-state index in [4.69, 9.17) is 18.9 Å². The van der Waals surface area contributed by atoms with Gasteiger partial charge in [0.15, 0.2) is 10.2 Å². The Bertz CT molecular complexity index is 2510. The molecule has 0 aromatic rings. The van der Waals surface area contributed by atoms with E-state index in [2.05, 4.69) is 81.1 Å². The van der Waals surface area contributed by atoms with Gasteiger partial charge in [0, 0.05) is 30.9 Å². The van der Waals surface area contributed by atoms with Gasteiger partial charge in [0.25, 0.3) is 0 Å². The van der Waals surface area contributed by atoms with E-state index in [9.17, 15) is 57.8 Å². The van der Waals surface area contributed by atoms with Gasteiger partial charge in [0.2, 0.25) is 35.5 Å². The molecule has 0 heterocycles. The van der Waals surface area contributed by atoms with Crippen molar-refractivity contribution in [2.75, 3.05) is 37.9 Å². The highest BCUT2D eigenvalue weighted by molar-refractivity contribution is 8.13. The zero-order valence-corrected chi connectivity index (χ0v) is 65.9. The van der Waals surface area contributed by atoms with Crippen LogP contribution in [0.5, 0.6) is 0 Å². The molecule has 590 valence electrons. The van der Waals surface area contributed by atoms with Crippen LogP contribution >= 0.6 is 23.5 Å². The normalized spacial score (nSPS) is 13.8. The highest BCUT2D eigenvalue weighted by Crippen LogP contribution is 2.20. The molecular formula is C76H133N9O16S2. The first-order valence-corrected chi connectivity index (χ1v) is 40.1. The number of unbranched alkanes of at least 4 members (excludes halogenated alkanes) is 24. The molecule has 0 bridgehead atoms. The summed E-state index contributed by atoms with van der Waals surface area (Å²) in [6, 6.07) is -8.85. The first-order chi connectivity index (χ1) is 49.2. The number of alkyl carbamates (subject to hydrolysis) is 3. The average Bonchev–Trinajstić information content (AvgIpc) is 0.848. The number of hydrogen-bond donors (Lipinski definition) is 9. The van der Waals surface area contributed by atoms with Crippen molar-refractivity contribution in [1.82, 2.24) is 42.5 Å². The fourth-order valence-electron chi connectivity index (χ4n) is 10.6. The first kappa shape index (κ1) is 96.5. The Morgan fingerprint density at radius 1 is 0.427 bits per heavy atom. The largest absolute Gasteiger partial charge is 0.460 e. The Labute approximate surface area is 625 Å². The maximum atomic E-state index is 14.7. The molecule has 0 saturated carbocycles. The van der Waals surface area contributed by atoms with Crippen LogP contribution in [0.1, 0.15) is 275 Å². The summed E-state index contributed by atoms with van der Waals surface area (Å²) in [7, 11) is 0. The Hall–Kier alpha value is -6.48. The molecule has 0 aromatic heterocycles. The number of amides is 8. The second-order valence-corrected chi connectivity index (χ2v) is 29.6. The smallest absolute Gasteiger partial charge is 0.414 e. The number of carbonyl (C=O) groups excluding carboxylic acids is 11. The van der Waals surface area contributed by atoms with E-state index in [1.807, 2.05) is 6.92 Å². The van der Waals surface area contributed by atoms with Crippen LogP contribution in [0, 0.1) is 11.8 Å². The van der Waals surface area contributed by atoms with Gasteiger partial charge in [-0.2, -0.15) is 0 Å². The van der Waals surface area contributed by atoms with Crippen molar-refractivity contribution in [3.8, 4) is 0 Å². The van der Waals surface area contributed by atoms with Gasteiger partial charge in [0.05, 0.1) is 6.10 Å². The third-order valence-corrected chi connectivity index (χ3v) is 19.1. The highest BCUT2D eigenvalue weighted by atomic mass is 32.2. The number of aliphatic imine (C=N–C) groups is 1. The Balaban J connectivity index is 7.06. The van der Waals surface area contributed by atoms with Crippen molar-refractivity contribution >= 4 is 93.5 Å². The van der Waals surface area contributed by atoms with Crippen molar-refractivity contribution in [1.29, 1.82) is 0 Å². The van der Waals surface area contributed by atoms with Crippen LogP contribution in [0.2, 0.25) is 0 Å². The van der Waals surface area contributed by atoms with Crippen LogP contribution in [-0.4, -0.2) is 161 Å². The fourth-order valence-corrected chi connectivity index (χ4v) is 12.3. The summed E-state index contributed by atoms with van der Waals surface area (Å²) in [5, 5.41) is 31.2. The summed E-state index contributed by atoms with van der Waals surface area (Å²) in [5.41, 5.74) is -1.03. The molecule has 0 spiro atoms. The minimum absolute atomic E-state index is 0.0200. The van der Waals surface area contributed by atoms with Gasteiger partial charge in [-0.1, -0.05) is 270 Å². The van der Waals surface area contributed by atoms with Gasteiger partial charge in [-0.15, -0.1) is 0 Å². The predicted molar refractivity (Wildman–Crippen MR) is 411 cm³/mol. The molecule has 103 heavy (non-hydrogen) atoms. The quantitative estimate of drug-likeness (QED) is 0.00682. The van der Waals surface area contributed by atoms with E-state index in [0.29, 0.717) is 25.7 Å². The van der Waals surface area contributed by atoms with Crippen molar-refractivity contribution in [3.05, 3.63) is 38.0 Å². The van der Waals surface area contributed by atoms with E-state index in [0.717, 1.165) is 81.3 Å². The molecule has 0 rings (SSSR count). The minimum atomic E-state index is -1.80. The third-order valence-electron chi connectivity index (χ3n) is 17.1. The number of esters is 1. The average molecular weight is 1490 g/mol. The summed E-state index contributed by atoms with van der Waals surface area (Å²) in [4.78, 5) is 156. The molecule has 25 nitrogen and oxygen atoms in total. The van der Waals surface area contributed by atoms with E-state index < -0.39 is 114 Å². The number of aliphatic hydroxyl groups excluding tert-OH is 1. The number of ether oxygens (including phenoxy) is 4. The molecule has 0 aliphatic heterocycles. The molecule has 9 atom stereocenters. The number of carbonyl (C=O) groups is 11. The number of hydrogen-bond acceptors (Lipinski definition) is 19. The number of guanidine groups is 1. The van der Waals surface area contributed by atoms with Crippen molar-refractivity contribution in [2.24, 2.45) is 16.8 Å². The topological polar surface area (TPSA) is 354 Å². The molecule has 0 aliphatic carbocycles. The molecule has 0 saturated heterocycles. The van der Waals surface area contributed by atoms with Gasteiger partial charge in [-0.05, 0) is 65.2 Å². The molecule has 0 fully saturated rings. The molecular weight excluding hydrogens is 1360 g/mol. The summed E-state index contributed by atoms with van der Waals surface area (Å²) in [6.07, 6.45) is 29.4. The van der Waals surface area contributed by atoms with Gasteiger partial charge in [-0.3, -0.25) is 49.2 Å². The lowest BCUT2D eigenvalue weighted by atomic mass is 9.97. The number of rotatable bonds is 59. The van der Waals surface area contributed by atoms with Crippen LogP contribution in [0.4, 0.5) is 14.4 Å². The van der Waals surface area contributed by atoms with Crippen LogP contribution in [0.25, 0.3) is 0 Å². The standard InChI is InChI=1S/C76H133N9O16S2/c1-14-21-23-25-27-29-31-33-35-37-39-41-43-47-61(87)102-53-59(78-66(89)58(80-75(97)101-76(11,12)13)46-45-49-77-72(84-73(95)99-51-17-4)85-74(96)100-52-18-5)68(91)83-65(57(10)86)70(93)81-63(55(8)19-6)69(92)79-60(67(90)82-64(56(9)20-7)71(94)98-50-16-3)54-103-62(88)48-44-42-40-38-36-34-32-30-28-26-24-22-15-2/h16-18,55-60,63-65,86H,3-5,14-15,19-54H2,1-2,6-13H3,(H,78,89)(H,79,92)(H,80,97)(H,81,93)(H,82,90)(H,83,91)(H2,77,84,85,95,96)/t55-,56-,57+,58-,59-,60-,63-,64-,65-/m0/s1. The number of aliphatic hydroxyl groups is 1. The molecule has 0 unspecified atom stereocenters. The van der Waals surface area contributed by atoms with Crippen molar-refractivity contribution < 1.29 is 76.8 Å². The molecule has 0 radical (unpaired) electrons.